The van der Waals surface area contributed by atoms with E-state index in [0.717, 1.165) is 0 Å². The molecule has 1 atom stereocenters. The van der Waals surface area contributed by atoms with E-state index < -0.39 is 11.9 Å². The summed E-state index contributed by atoms with van der Waals surface area (Å²) in [5, 5.41) is 5.15. The molecule has 2 amide bonds. The van der Waals surface area contributed by atoms with Gasteiger partial charge in [-0.1, -0.05) is 30.3 Å². The zero-order chi connectivity index (χ0) is 16.9. The van der Waals surface area contributed by atoms with Gasteiger partial charge in [0.2, 0.25) is 11.8 Å². The number of nitrogens with one attached hydrogen (secondary N) is 1. The molecule has 1 aromatic carbocycles. The first kappa shape index (κ1) is 15.9. The number of hydrogen-bond donors (Lipinski definition) is 2. The van der Waals surface area contributed by atoms with Crippen molar-refractivity contribution in [2.75, 3.05) is 0 Å². The average Bonchev–Trinajstić information content (AvgIpc) is 3.24. The second-order valence-corrected chi connectivity index (χ2v) is 5.97. The molecule has 0 bridgehead atoms. The Hall–Kier alpha value is -2.93. The highest BCUT2D eigenvalue weighted by Crippen LogP contribution is 2.24. The van der Waals surface area contributed by atoms with Gasteiger partial charge in [-0.15, -0.1) is 11.3 Å². The zero-order valence-corrected chi connectivity index (χ0v) is 13.5. The zero-order valence-electron chi connectivity index (χ0n) is 12.6. The quantitative estimate of drug-likeness (QED) is 0.718. The minimum absolute atomic E-state index is 0.0633. The molecule has 3 N–H and O–H groups in total. The third-order valence-corrected chi connectivity index (χ3v) is 4.25. The van der Waals surface area contributed by atoms with E-state index >= 15 is 0 Å². The van der Waals surface area contributed by atoms with Gasteiger partial charge in [0, 0.05) is 5.38 Å². The summed E-state index contributed by atoms with van der Waals surface area (Å²) in [6.45, 7) is 0. The van der Waals surface area contributed by atoms with Crippen molar-refractivity contribution in [2.45, 2.75) is 12.5 Å². The molecule has 2 aromatic heterocycles. The smallest absolute Gasteiger partial charge is 0.244 e. The van der Waals surface area contributed by atoms with Crippen LogP contribution in [0.2, 0.25) is 0 Å². The third kappa shape index (κ3) is 3.69. The number of carbonyl (C=O) groups excluding carboxylic acids is 2. The number of hydrogen-bond acceptors (Lipinski definition) is 5. The van der Waals surface area contributed by atoms with Crippen LogP contribution in [-0.4, -0.2) is 16.8 Å². The Morgan fingerprint density at radius 1 is 1.21 bits per heavy atom. The Kier molecular flexibility index (Phi) is 4.72. The maximum absolute atomic E-state index is 12.2. The lowest BCUT2D eigenvalue weighted by Gasteiger charge is -2.15. The molecule has 0 unspecified atom stereocenters. The standard InChI is InChI=1S/C17H15N3O3S/c18-16(22)15(11-5-2-1-3-6-11)20-14(21)9-12-10-24-17(19-12)13-7-4-8-23-13/h1-8,10,15H,9H2,(H2,18,22)(H,20,21)/t15-/m1/s1. The minimum Gasteiger partial charge on any atom is -0.462 e. The predicted octanol–water partition coefficient (Wildman–Crippen LogP) is 2.29. The van der Waals surface area contributed by atoms with E-state index in [-0.39, 0.29) is 12.3 Å². The predicted molar refractivity (Wildman–Crippen MR) is 90.0 cm³/mol. The van der Waals surface area contributed by atoms with Gasteiger partial charge in [-0.05, 0) is 17.7 Å². The highest BCUT2D eigenvalue weighted by Gasteiger charge is 2.20. The topological polar surface area (TPSA) is 98.2 Å². The van der Waals surface area contributed by atoms with Crippen LogP contribution in [0.3, 0.4) is 0 Å². The van der Waals surface area contributed by atoms with E-state index in [1.807, 2.05) is 6.07 Å². The van der Waals surface area contributed by atoms with Crippen LogP contribution in [0.1, 0.15) is 17.3 Å². The number of furan rings is 1. The third-order valence-electron chi connectivity index (χ3n) is 3.35. The van der Waals surface area contributed by atoms with Crippen LogP contribution in [0.25, 0.3) is 10.8 Å². The van der Waals surface area contributed by atoms with Crippen LogP contribution in [0, 0.1) is 0 Å². The molecule has 6 nitrogen and oxygen atoms in total. The van der Waals surface area contributed by atoms with Crippen molar-refractivity contribution in [2.24, 2.45) is 5.73 Å². The van der Waals surface area contributed by atoms with Gasteiger partial charge in [-0.3, -0.25) is 9.59 Å². The van der Waals surface area contributed by atoms with E-state index in [4.69, 9.17) is 10.2 Å². The van der Waals surface area contributed by atoms with Crippen molar-refractivity contribution in [3.8, 4) is 10.8 Å². The van der Waals surface area contributed by atoms with Gasteiger partial charge in [0.25, 0.3) is 0 Å². The van der Waals surface area contributed by atoms with Gasteiger partial charge in [0.15, 0.2) is 10.8 Å². The summed E-state index contributed by atoms with van der Waals surface area (Å²) in [6.07, 6.45) is 1.63. The second-order valence-electron chi connectivity index (χ2n) is 5.11. The van der Waals surface area contributed by atoms with E-state index in [2.05, 4.69) is 10.3 Å². The van der Waals surface area contributed by atoms with Crippen LogP contribution in [0.5, 0.6) is 0 Å². The number of primary amides is 1. The molecular formula is C17H15N3O3S. The van der Waals surface area contributed by atoms with E-state index in [1.165, 1.54) is 11.3 Å². The number of aromatic nitrogens is 1. The maximum Gasteiger partial charge on any atom is 0.244 e. The fourth-order valence-corrected chi connectivity index (χ4v) is 3.03. The molecule has 2 heterocycles. The van der Waals surface area contributed by atoms with Crippen molar-refractivity contribution in [3.63, 3.8) is 0 Å². The van der Waals surface area contributed by atoms with Crippen LogP contribution in [0.15, 0.2) is 58.5 Å². The number of carbonyl (C=O) groups is 2. The van der Waals surface area contributed by atoms with Gasteiger partial charge in [-0.25, -0.2) is 4.98 Å². The van der Waals surface area contributed by atoms with Crippen LogP contribution in [-0.2, 0) is 16.0 Å². The molecule has 3 aromatic rings. The van der Waals surface area contributed by atoms with Crippen LogP contribution >= 0.6 is 11.3 Å². The van der Waals surface area contributed by atoms with Gasteiger partial charge in [0.05, 0.1) is 18.4 Å². The first-order valence-corrected chi connectivity index (χ1v) is 8.13. The van der Waals surface area contributed by atoms with Crippen molar-refractivity contribution in [3.05, 3.63) is 65.4 Å². The fraction of sp³-hybridized carbons (Fsp3) is 0.118. The number of nitrogens with zero attached hydrogens (tertiary/aromatic N) is 1. The monoisotopic (exact) mass is 341 g/mol. The molecule has 0 saturated heterocycles. The Labute approximate surface area is 142 Å². The first-order valence-electron chi connectivity index (χ1n) is 7.25. The number of rotatable bonds is 6. The molecule has 0 fully saturated rings. The van der Waals surface area contributed by atoms with E-state index in [9.17, 15) is 9.59 Å². The number of amides is 2. The van der Waals surface area contributed by atoms with Crippen molar-refractivity contribution < 1.29 is 14.0 Å². The lowest BCUT2D eigenvalue weighted by atomic mass is 10.1. The molecular weight excluding hydrogens is 326 g/mol. The minimum atomic E-state index is -0.859. The van der Waals surface area contributed by atoms with Gasteiger partial charge < -0.3 is 15.5 Å². The van der Waals surface area contributed by atoms with Gasteiger partial charge in [0.1, 0.15) is 6.04 Å². The Morgan fingerprint density at radius 3 is 2.67 bits per heavy atom. The largest absolute Gasteiger partial charge is 0.462 e. The fourth-order valence-electron chi connectivity index (χ4n) is 2.24. The summed E-state index contributed by atoms with van der Waals surface area (Å²) >= 11 is 1.39. The maximum atomic E-state index is 12.2. The van der Waals surface area contributed by atoms with Crippen molar-refractivity contribution in [1.82, 2.24) is 10.3 Å². The molecule has 0 saturated carbocycles. The normalized spacial score (nSPS) is 11.8. The number of thiazole rings is 1. The lowest BCUT2D eigenvalue weighted by Crippen LogP contribution is -2.38. The molecule has 0 aliphatic rings. The Bertz CT molecular complexity index is 828. The Balaban J connectivity index is 1.67. The highest BCUT2D eigenvalue weighted by atomic mass is 32.1. The summed E-state index contributed by atoms with van der Waals surface area (Å²) in [6, 6.07) is 11.6. The molecule has 0 aliphatic carbocycles. The first-order chi connectivity index (χ1) is 11.6. The summed E-state index contributed by atoms with van der Waals surface area (Å²) in [4.78, 5) is 28.2. The molecule has 0 spiro atoms. The molecule has 0 aliphatic heterocycles. The summed E-state index contributed by atoms with van der Waals surface area (Å²) in [5.41, 5.74) is 6.66. The molecule has 24 heavy (non-hydrogen) atoms. The summed E-state index contributed by atoms with van der Waals surface area (Å²) in [7, 11) is 0. The molecule has 7 heteroatoms. The highest BCUT2D eigenvalue weighted by molar-refractivity contribution is 7.13. The van der Waals surface area contributed by atoms with Gasteiger partial charge >= 0.3 is 0 Å². The SMILES string of the molecule is NC(=O)[C@H](NC(=O)Cc1csc(-c2ccco2)n1)c1ccccc1. The van der Waals surface area contributed by atoms with E-state index in [0.29, 0.717) is 22.0 Å². The van der Waals surface area contributed by atoms with Crippen LogP contribution < -0.4 is 11.1 Å². The Morgan fingerprint density at radius 2 is 2.00 bits per heavy atom. The van der Waals surface area contributed by atoms with Crippen molar-refractivity contribution >= 4 is 23.2 Å². The average molecular weight is 341 g/mol. The van der Waals surface area contributed by atoms with Gasteiger partial charge in [-0.2, -0.15) is 0 Å². The number of benzene rings is 1. The van der Waals surface area contributed by atoms with Crippen molar-refractivity contribution in [1.29, 1.82) is 0 Å². The molecule has 122 valence electrons. The second kappa shape index (κ2) is 7.10. The summed E-state index contributed by atoms with van der Waals surface area (Å²) in [5.74, 6) is -0.269. The molecule has 0 radical (unpaired) electrons. The number of nitrogens with two attached hydrogens (primary N) is 1. The van der Waals surface area contributed by atoms with Crippen LogP contribution in [0.4, 0.5) is 0 Å². The molecule has 3 rings (SSSR count). The van der Waals surface area contributed by atoms with E-state index in [1.54, 1.807) is 48.0 Å². The summed E-state index contributed by atoms with van der Waals surface area (Å²) < 4.78 is 5.28. The lowest BCUT2D eigenvalue weighted by molar-refractivity contribution is -0.127.